The predicted octanol–water partition coefficient (Wildman–Crippen LogP) is 0.211. The van der Waals surface area contributed by atoms with Crippen LogP contribution in [0.25, 0.3) is 0 Å². The van der Waals surface area contributed by atoms with Crippen LogP contribution in [0.15, 0.2) is 0 Å². The normalized spacial score (nSPS) is 12.1. The van der Waals surface area contributed by atoms with Gasteiger partial charge in [-0.15, -0.1) is 0 Å². The molecule has 15 heavy (non-hydrogen) atoms. The first-order valence-electron chi connectivity index (χ1n) is 5.53. The largest absolute Gasteiger partial charge is 0.329 e. The molecule has 0 fully saturated rings. The van der Waals surface area contributed by atoms with Gasteiger partial charge in [-0.3, -0.25) is 9.69 Å². The Balaban J connectivity index is 3.99. The molecule has 0 aliphatic heterocycles. The van der Waals surface area contributed by atoms with E-state index in [0.29, 0.717) is 26.1 Å². The summed E-state index contributed by atoms with van der Waals surface area (Å²) < 4.78 is 0. The molecule has 0 saturated carbocycles. The van der Waals surface area contributed by atoms with Crippen molar-refractivity contribution in [1.82, 2.24) is 4.90 Å². The molecule has 0 atom stereocenters. The van der Waals surface area contributed by atoms with Crippen molar-refractivity contribution in [3.05, 3.63) is 0 Å². The standard InChI is InChI=1S/C11H25N3O/c1-11(2,3)8-10(15)9-14(6-4-12)7-5-13/h4-9,12-13H2,1-3H3. The summed E-state index contributed by atoms with van der Waals surface area (Å²) in [7, 11) is 0. The number of carbonyl (C=O) groups excluding carboxylic acids is 1. The van der Waals surface area contributed by atoms with Gasteiger partial charge in [0.1, 0.15) is 5.78 Å². The molecule has 0 aliphatic carbocycles. The Morgan fingerprint density at radius 2 is 1.60 bits per heavy atom. The van der Waals surface area contributed by atoms with Gasteiger partial charge in [0.2, 0.25) is 0 Å². The van der Waals surface area contributed by atoms with Crippen molar-refractivity contribution in [2.45, 2.75) is 27.2 Å². The number of hydrogen-bond acceptors (Lipinski definition) is 4. The van der Waals surface area contributed by atoms with Crippen LogP contribution >= 0.6 is 0 Å². The first-order chi connectivity index (χ1) is 6.89. The van der Waals surface area contributed by atoms with Crippen molar-refractivity contribution < 1.29 is 4.79 Å². The number of carbonyl (C=O) groups is 1. The molecular formula is C11H25N3O. The number of hydrogen-bond donors (Lipinski definition) is 2. The van der Waals surface area contributed by atoms with E-state index in [0.717, 1.165) is 13.1 Å². The van der Waals surface area contributed by atoms with Crippen LogP contribution in [-0.2, 0) is 4.79 Å². The van der Waals surface area contributed by atoms with Gasteiger partial charge in [0.25, 0.3) is 0 Å². The molecule has 0 spiro atoms. The van der Waals surface area contributed by atoms with Crippen LogP contribution in [0.2, 0.25) is 0 Å². The predicted molar refractivity (Wildman–Crippen MR) is 63.6 cm³/mol. The molecule has 0 aliphatic rings. The monoisotopic (exact) mass is 215 g/mol. The number of nitrogens with zero attached hydrogens (tertiary/aromatic N) is 1. The maximum absolute atomic E-state index is 11.7. The minimum absolute atomic E-state index is 0.0637. The van der Waals surface area contributed by atoms with E-state index in [1.807, 2.05) is 4.90 Å². The summed E-state index contributed by atoms with van der Waals surface area (Å²) in [4.78, 5) is 13.7. The van der Waals surface area contributed by atoms with Crippen molar-refractivity contribution in [2.24, 2.45) is 16.9 Å². The molecule has 0 saturated heterocycles. The molecule has 4 heteroatoms. The Labute approximate surface area is 93.0 Å². The summed E-state index contributed by atoms with van der Waals surface area (Å²) in [6.45, 7) is 9.32. The average Bonchev–Trinajstić information content (AvgIpc) is 2.00. The third kappa shape index (κ3) is 8.54. The lowest BCUT2D eigenvalue weighted by atomic mass is 9.90. The Hall–Kier alpha value is -0.450. The van der Waals surface area contributed by atoms with E-state index in [2.05, 4.69) is 20.8 Å². The van der Waals surface area contributed by atoms with Gasteiger partial charge in [0, 0.05) is 32.6 Å². The number of Topliss-reactive ketones (excluding diaryl/α,β-unsaturated/α-hetero) is 1. The zero-order chi connectivity index (χ0) is 11.9. The topological polar surface area (TPSA) is 72.3 Å². The number of nitrogens with two attached hydrogens (primary N) is 2. The van der Waals surface area contributed by atoms with E-state index in [-0.39, 0.29) is 11.2 Å². The molecule has 0 amide bonds. The van der Waals surface area contributed by atoms with Gasteiger partial charge in [0.15, 0.2) is 0 Å². The highest BCUT2D eigenvalue weighted by Gasteiger charge is 2.17. The average molecular weight is 215 g/mol. The van der Waals surface area contributed by atoms with Gasteiger partial charge in [0.05, 0.1) is 6.54 Å². The van der Waals surface area contributed by atoms with Gasteiger partial charge in [-0.2, -0.15) is 0 Å². The highest BCUT2D eigenvalue weighted by atomic mass is 16.1. The van der Waals surface area contributed by atoms with Gasteiger partial charge >= 0.3 is 0 Å². The van der Waals surface area contributed by atoms with Crippen LogP contribution in [0.3, 0.4) is 0 Å². The molecule has 0 heterocycles. The molecular weight excluding hydrogens is 190 g/mol. The fourth-order valence-corrected chi connectivity index (χ4v) is 1.53. The summed E-state index contributed by atoms with van der Waals surface area (Å²) in [6, 6.07) is 0. The van der Waals surface area contributed by atoms with Crippen molar-refractivity contribution in [2.75, 3.05) is 32.7 Å². The first-order valence-corrected chi connectivity index (χ1v) is 5.53. The van der Waals surface area contributed by atoms with Crippen LogP contribution < -0.4 is 11.5 Å². The van der Waals surface area contributed by atoms with Crippen LogP contribution in [0, 0.1) is 5.41 Å². The van der Waals surface area contributed by atoms with Crippen LogP contribution in [0.4, 0.5) is 0 Å². The third-order valence-electron chi connectivity index (χ3n) is 2.02. The van der Waals surface area contributed by atoms with Gasteiger partial charge in [-0.1, -0.05) is 20.8 Å². The van der Waals surface area contributed by atoms with E-state index in [9.17, 15) is 4.79 Å². The molecule has 0 bridgehead atoms. The Kier molecular flexibility index (Phi) is 6.72. The number of rotatable bonds is 7. The summed E-state index contributed by atoms with van der Waals surface area (Å²) >= 11 is 0. The molecule has 4 N–H and O–H groups in total. The summed E-state index contributed by atoms with van der Waals surface area (Å²) in [5.41, 5.74) is 11.0. The summed E-state index contributed by atoms with van der Waals surface area (Å²) in [6.07, 6.45) is 0.610. The minimum atomic E-state index is 0.0637. The van der Waals surface area contributed by atoms with E-state index in [1.54, 1.807) is 0 Å². The molecule has 0 rings (SSSR count). The van der Waals surface area contributed by atoms with Gasteiger partial charge in [-0.25, -0.2) is 0 Å². The zero-order valence-electron chi connectivity index (χ0n) is 10.3. The summed E-state index contributed by atoms with van der Waals surface area (Å²) in [5, 5.41) is 0. The fraction of sp³-hybridized carbons (Fsp3) is 0.909. The molecule has 0 unspecified atom stereocenters. The van der Waals surface area contributed by atoms with Gasteiger partial charge in [-0.05, 0) is 5.41 Å². The fourth-order valence-electron chi connectivity index (χ4n) is 1.53. The van der Waals surface area contributed by atoms with E-state index in [1.165, 1.54) is 0 Å². The number of ketones is 1. The van der Waals surface area contributed by atoms with Crippen LogP contribution in [0.1, 0.15) is 27.2 Å². The lowest BCUT2D eigenvalue weighted by Crippen LogP contribution is -2.38. The lowest BCUT2D eigenvalue weighted by molar-refractivity contribution is -0.121. The Morgan fingerprint density at radius 3 is 1.93 bits per heavy atom. The Bertz CT molecular complexity index is 181. The Morgan fingerprint density at radius 1 is 1.13 bits per heavy atom. The quantitative estimate of drug-likeness (QED) is 0.637. The van der Waals surface area contributed by atoms with Crippen LogP contribution in [-0.4, -0.2) is 43.4 Å². The third-order valence-corrected chi connectivity index (χ3v) is 2.02. The SMILES string of the molecule is CC(C)(C)CC(=O)CN(CCN)CCN. The zero-order valence-corrected chi connectivity index (χ0v) is 10.3. The van der Waals surface area contributed by atoms with E-state index >= 15 is 0 Å². The highest BCUT2D eigenvalue weighted by Crippen LogP contribution is 2.18. The second kappa shape index (κ2) is 6.93. The minimum Gasteiger partial charge on any atom is -0.329 e. The van der Waals surface area contributed by atoms with E-state index < -0.39 is 0 Å². The van der Waals surface area contributed by atoms with Crippen molar-refractivity contribution in [1.29, 1.82) is 0 Å². The van der Waals surface area contributed by atoms with Crippen molar-refractivity contribution in [3.8, 4) is 0 Å². The van der Waals surface area contributed by atoms with Crippen molar-refractivity contribution in [3.63, 3.8) is 0 Å². The van der Waals surface area contributed by atoms with Crippen molar-refractivity contribution >= 4 is 5.78 Å². The second-order valence-electron chi connectivity index (χ2n) is 5.13. The first kappa shape index (κ1) is 14.6. The van der Waals surface area contributed by atoms with E-state index in [4.69, 9.17) is 11.5 Å². The molecule has 4 nitrogen and oxygen atoms in total. The molecule has 0 aromatic heterocycles. The molecule has 0 aromatic carbocycles. The molecule has 0 aromatic rings. The maximum Gasteiger partial charge on any atom is 0.147 e. The highest BCUT2D eigenvalue weighted by molar-refractivity contribution is 5.81. The van der Waals surface area contributed by atoms with Crippen LogP contribution in [0.5, 0.6) is 0 Å². The summed E-state index contributed by atoms with van der Waals surface area (Å²) in [5.74, 6) is 0.268. The molecule has 90 valence electrons. The second-order valence-corrected chi connectivity index (χ2v) is 5.13. The van der Waals surface area contributed by atoms with Gasteiger partial charge < -0.3 is 11.5 Å². The maximum atomic E-state index is 11.7. The smallest absolute Gasteiger partial charge is 0.147 e. The lowest BCUT2D eigenvalue weighted by Gasteiger charge is -2.22. The molecule has 0 radical (unpaired) electrons.